The van der Waals surface area contributed by atoms with Crippen LogP contribution in [0.4, 0.5) is 0 Å². The summed E-state index contributed by atoms with van der Waals surface area (Å²) in [5, 5.41) is 0. The number of aromatic nitrogens is 1. The molecule has 0 spiro atoms. The maximum absolute atomic E-state index is 6.38. The van der Waals surface area contributed by atoms with Gasteiger partial charge >= 0.3 is 0 Å². The van der Waals surface area contributed by atoms with Gasteiger partial charge in [-0.25, -0.2) is 4.98 Å². The molecular weight excluding hydrogens is 298 g/mol. The highest BCUT2D eigenvalue weighted by Gasteiger charge is 2.25. The van der Waals surface area contributed by atoms with Gasteiger partial charge in [0.15, 0.2) is 5.76 Å². The fourth-order valence-corrected chi connectivity index (χ4v) is 2.58. The Kier molecular flexibility index (Phi) is 4.79. The average molecular weight is 321 g/mol. The van der Waals surface area contributed by atoms with Gasteiger partial charge in [-0.15, -0.1) is 0 Å². The molecular formula is C20H23N3O. The van der Waals surface area contributed by atoms with Gasteiger partial charge in [0.05, 0.1) is 6.04 Å². The standard InChI is InChI=1S/C20H23N3O/c1-14(23(2)3)17(21)20-22-18(15-10-6-4-7-11-15)19(24-20)16-12-8-5-9-13-16/h4-14,17H,21H2,1-3H3. The first kappa shape index (κ1) is 16.4. The summed E-state index contributed by atoms with van der Waals surface area (Å²) in [4.78, 5) is 6.81. The van der Waals surface area contributed by atoms with Crippen LogP contribution in [0.1, 0.15) is 18.9 Å². The van der Waals surface area contributed by atoms with E-state index >= 15 is 0 Å². The molecule has 124 valence electrons. The van der Waals surface area contributed by atoms with Gasteiger partial charge in [-0.2, -0.15) is 0 Å². The fraction of sp³-hybridized carbons (Fsp3) is 0.250. The monoisotopic (exact) mass is 321 g/mol. The fourth-order valence-electron chi connectivity index (χ4n) is 2.58. The van der Waals surface area contributed by atoms with E-state index in [4.69, 9.17) is 15.1 Å². The maximum Gasteiger partial charge on any atom is 0.214 e. The Labute approximate surface area is 142 Å². The Morgan fingerprint density at radius 3 is 2.00 bits per heavy atom. The molecule has 0 aliphatic carbocycles. The van der Waals surface area contributed by atoms with Crippen molar-refractivity contribution < 1.29 is 4.42 Å². The molecule has 4 nitrogen and oxygen atoms in total. The number of nitrogens with two attached hydrogens (primary N) is 1. The number of benzene rings is 2. The normalized spacial score (nSPS) is 13.9. The van der Waals surface area contributed by atoms with Crippen LogP contribution in [0.5, 0.6) is 0 Å². The lowest BCUT2D eigenvalue weighted by Crippen LogP contribution is -2.35. The highest BCUT2D eigenvalue weighted by molar-refractivity contribution is 5.76. The van der Waals surface area contributed by atoms with Crippen molar-refractivity contribution >= 4 is 0 Å². The van der Waals surface area contributed by atoms with Gasteiger partial charge in [0.1, 0.15) is 5.69 Å². The van der Waals surface area contributed by atoms with E-state index in [1.165, 1.54) is 0 Å². The second kappa shape index (κ2) is 6.99. The van der Waals surface area contributed by atoms with Gasteiger partial charge in [0.25, 0.3) is 0 Å². The third-order valence-electron chi connectivity index (χ3n) is 4.35. The molecule has 4 heteroatoms. The number of oxazole rings is 1. The molecule has 3 aromatic rings. The smallest absolute Gasteiger partial charge is 0.214 e. The minimum Gasteiger partial charge on any atom is -0.438 e. The molecule has 0 amide bonds. The van der Waals surface area contributed by atoms with Crippen molar-refractivity contribution in [2.24, 2.45) is 5.73 Å². The number of rotatable bonds is 5. The number of hydrogen-bond donors (Lipinski definition) is 1. The van der Waals surface area contributed by atoms with E-state index in [0.717, 1.165) is 22.6 Å². The molecule has 0 radical (unpaired) electrons. The van der Waals surface area contributed by atoms with E-state index in [1.54, 1.807) is 0 Å². The van der Waals surface area contributed by atoms with Crippen molar-refractivity contribution in [1.29, 1.82) is 0 Å². The van der Waals surface area contributed by atoms with Crippen molar-refractivity contribution in [1.82, 2.24) is 9.88 Å². The highest BCUT2D eigenvalue weighted by atomic mass is 16.4. The second-order valence-electron chi connectivity index (χ2n) is 6.19. The van der Waals surface area contributed by atoms with E-state index in [2.05, 4.69) is 11.8 Å². The van der Waals surface area contributed by atoms with Gasteiger partial charge in [-0.3, -0.25) is 0 Å². The molecule has 0 fully saturated rings. The van der Waals surface area contributed by atoms with Crippen molar-refractivity contribution in [3.8, 4) is 22.6 Å². The summed E-state index contributed by atoms with van der Waals surface area (Å²) in [6, 6.07) is 19.9. The summed E-state index contributed by atoms with van der Waals surface area (Å²) in [6.45, 7) is 2.07. The lowest BCUT2D eigenvalue weighted by atomic mass is 10.1. The first-order valence-electron chi connectivity index (χ1n) is 8.11. The second-order valence-corrected chi connectivity index (χ2v) is 6.19. The van der Waals surface area contributed by atoms with Gasteiger partial charge in [0, 0.05) is 17.2 Å². The molecule has 3 rings (SSSR count). The first-order valence-corrected chi connectivity index (χ1v) is 8.11. The van der Waals surface area contributed by atoms with Crippen LogP contribution in [0, 0.1) is 0 Å². The van der Waals surface area contributed by atoms with E-state index in [-0.39, 0.29) is 12.1 Å². The van der Waals surface area contributed by atoms with Crippen LogP contribution in [0.2, 0.25) is 0 Å². The Balaban J connectivity index is 2.10. The lowest BCUT2D eigenvalue weighted by Gasteiger charge is -2.23. The minimum atomic E-state index is -0.292. The van der Waals surface area contributed by atoms with Crippen molar-refractivity contribution in [3.63, 3.8) is 0 Å². The van der Waals surface area contributed by atoms with Gasteiger partial charge in [-0.05, 0) is 21.0 Å². The van der Waals surface area contributed by atoms with Gasteiger partial charge < -0.3 is 15.1 Å². The van der Waals surface area contributed by atoms with E-state index in [0.29, 0.717) is 5.89 Å². The van der Waals surface area contributed by atoms with Crippen LogP contribution >= 0.6 is 0 Å². The summed E-state index contributed by atoms with van der Waals surface area (Å²) in [5.41, 5.74) is 9.24. The van der Waals surface area contributed by atoms with E-state index in [1.807, 2.05) is 74.8 Å². The third kappa shape index (κ3) is 3.25. The molecule has 2 aromatic carbocycles. The summed E-state index contributed by atoms with van der Waals surface area (Å²) in [5.74, 6) is 1.33. The summed E-state index contributed by atoms with van der Waals surface area (Å²) in [7, 11) is 4.01. The predicted octanol–water partition coefficient (Wildman–Crippen LogP) is 3.96. The maximum atomic E-state index is 6.38. The topological polar surface area (TPSA) is 55.3 Å². The summed E-state index contributed by atoms with van der Waals surface area (Å²) in [6.07, 6.45) is 0. The number of likely N-dealkylation sites (N-methyl/N-ethyl adjacent to an activating group) is 1. The Morgan fingerprint density at radius 2 is 1.46 bits per heavy atom. The SMILES string of the molecule is CC(C(N)c1nc(-c2ccccc2)c(-c2ccccc2)o1)N(C)C. The zero-order valence-electron chi connectivity index (χ0n) is 14.3. The molecule has 0 saturated carbocycles. The zero-order valence-corrected chi connectivity index (χ0v) is 14.3. The van der Waals surface area contributed by atoms with Crippen molar-refractivity contribution in [3.05, 3.63) is 66.6 Å². The molecule has 1 aromatic heterocycles. The van der Waals surface area contributed by atoms with Crippen LogP contribution in [-0.4, -0.2) is 30.0 Å². The lowest BCUT2D eigenvalue weighted by molar-refractivity contribution is 0.251. The van der Waals surface area contributed by atoms with Gasteiger partial charge in [-0.1, -0.05) is 60.7 Å². The number of nitrogens with zero attached hydrogens (tertiary/aromatic N) is 2. The zero-order chi connectivity index (χ0) is 17.1. The van der Waals surface area contributed by atoms with Crippen molar-refractivity contribution in [2.45, 2.75) is 19.0 Å². The van der Waals surface area contributed by atoms with Crippen LogP contribution in [-0.2, 0) is 0 Å². The molecule has 0 aliphatic rings. The molecule has 24 heavy (non-hydrogen) atoms. The minimum absolute atomic E-state index is 0.121. The first-order chi connectivity index (χ1) is 11.6. The third-order valence-corrected chi connectivity index (χ3v) is 4.35. The largest absolute Gasteiger partial charge is 0.438 e. The Hall–Kier alpha value is -2.43. The van der Waals surface area contributed by atoms with Crippen LogP contribution in [0.3, 0.4) is 0 Å². The molecule has 2 unspecified atom stereocenters. The average Bonchev–Trinajstić information content (AvgIpc) is 3.07. The Morgan fingerprint density at radius 1 is 0.917 bits per heavy atom. The van der Waals surface area contributed by atoms with Crippen LogP contribution in [0.25, 0.3) is 22.6 Å². The molecule has 0 bridgehead atoms. The quantitative estimate of drug-likeness (QED) is 0.773. The van der Waals surface area contributed by atoms with E-state index in [9.17, 15) is 0 Å². The van der Waals surface area contributed by atoms with Crippen molar-refractivity contribution in [2.75, 3.05) is 14.1 Å². The molecule has 2 atom stereocenters. The predicted molar refractivity (Wildman–Crippen MR) is 97.5 cm³/mol. The number of hydrogen-bond acceptors (Lipinski definition) is 4. The summed E-state index contributed by atoms with van der Waals surface area (Å²) >= 11 is 0. The molecule has 1 heterocycles. The van der Waals surface area contributed by atoms with Gasteiger partial charge in [0.2, 0.25) is 5.89 Å². The van der Waals surface area contributed by atoms with Crippen LogP contribution in [0.15, 0.2) is 65.1 Å². The summed E-state index contributed by atoms with van der Waals surface area (Å²) < 4.78 is 6.13. The molecule has 0 aliphatic heterocycles. The molecule has 0 saturated heterocycles. The highest BCUT2D eigenvalue weighted by Crippen LogP contribution is 2.34. The van der Waals surface area contributed by atoms with E-state index < -0.39 is 0 Å². The Bertz CT molecular complexity index is 724. The van der Waals surface area contributed by atoms with Crippen LogP contribution < -0.4 is 5.73 Å². The molecule has 2 N–H and O–H groups in total.